The maximum atomic E-state index is 12.2. The molecule has 0 spiro atoms. The van der Waals surface area contributed by atoms with Gasteiger partial charge in [0.1, 0.15) is 11.8 Å². The van der Waals surface area contributed by atoms with Gasteiger partial charge in [0.05, 0.1) is 17.7 Å². The fraction of sp³-hybridized carbons (Fsp3) is 0.176. The second-order valence-electron chi connectivity index (χ2n) is 5.09. The number of carboxylic acids is 1. The number of rotatable bonds is 5. The fourth-order valence-electron chi connectivity index (χ4n) is 2.18. The molecule has 24 heavy (non-hydrogen) atoms. The van der Waals surface area contributed by atoms with Crippen molar-refractivity contribution in [1.29, 1.82) is 5.26 Å². The second-order valence-corrected chi connectivity index (χ2v) is 5.50. The summed E-state index contributed by atoms with van der Waals surface area (Å²) in [5.41, 5.74) is 1.21. The summed E-state index contributed by atoms with van der Waals surface area (Å²) >= 11 is 6.08. The van der Waals surface area contributed by atoms with E-state index in [0.717, 1.165) is 0 Å². The summed E-state index contributed by atoms with van der Waals surface area (Å²) in [6.07, 6.45) is -0.707. The number of pyridine rings is 1. The summed E-state index contributed by atoms with van der Waals surface area (Å²) in [6, 6.07) is 8.31. The summed E-state index contributed by atoms with van der Waals surface area (Å²) in [7, 11) is 0. The number of aromatic nitrogens is 1. The number of carbonyl (C=O) groups excluding carboxylic acids is 1. The van der Waals surface area contributed by atoms with Crippen LogP contribution in [0.25, 0.3) is 11.3 Å². The Bertz CT molecular complexity index is 872. The molecule has 0 aliphatic rings. The quantitative estimate of drug-likeness (QED) is 0.804. The zero-order chi connectivity index (χ0) is 17.9. The Labute approximate surface area is 143 Å². The minimum Gasteiger partial charge on any atom is -0.504 e. The molecule has 0 saturated carbocycles. The van der Waals surface area contributed by atoms with Gasteiger partial charge in [-0.05, 0) is 24.6 Å². The van der Waals surface area contributed by atoms with Gasteiger partial charge in [0.2, 0.25) is 0 Å². The van der Waals surface area contributed by atoms with E-state index in [4.69, 9.17) is 22.0 Å². The van der Waals surface area contributed by atoms with Crippen LogP contribution in [0.2, 0.25) is 5.02 Å². The van der Waals surface area contributed by atoms with Crippen molar-refractivity contribution in [2.24, 2.45) is 0 Å². The third kappa shape index (κ3) is 3.53. The average Bonchev–Trinajstić information content (AvgIpc) is 2.55. The maximum absolute atomic E-state index is 12.2. The lowest BCUT2D eigenvalue weighted by atomic mass is 10.0. The Morgan fingerprint density at radius 3 is 2.67 bits per heavy atom. The van der Waals surface area contributed by atoms with Gasteiger partial charge >= 0.3 is 5.97 Å². The molecule has 122 valence electrons. The highest BCUT2D eigenvalue weighted by Crippen LogP contribution is 2.31. The van der Waals surface area contributed by atoms with Crippen molar-refractivity contribution in [1.82, 2.24) is 4.98 Å². The molecular weight excluding hydrogens is 332 g/mol. The first kappa shape index (κ1) is 17.4. The SMILES string of the molecule is Cc1c(Cl)cccc1-c1cc(C#N)c(O)c(C(=O)CCC(=O)O)n1. The van der Waals surface area contributed by atoms with Crippen LogP contribution in [0.15, 0.2) is 24.3 Å². The van der Waals surface area contributed by atoms with E-state index in [1.54, 1.807) is 25.1 Å². The lowest BCUT2D eigenvalue weighted by Gasteiger charge is -2.11. The van der Waals surface area contributed by atoms with Gasteiger partial charge < -0.3 is 10.2 Å². The molecule has 0 atom stereocenters. The van der Waals surface area contributed by atoms with Gasteiger partial charge in [-0.3, -0.25) is 9.59 Å². The second kappa shape index (κ2) is 7.11. The van der Waals surface area contributed by atoms with E-state index in [0.29, 0.717) is 21.8 Å². The summed E-state index contributed by atoms with van der Waals surface area (Å²) in [4.78, 5) is 26.9. The van der Waals surface area contributed by atoms with E-state index in [1.165, 1.54) is 6.07 Å². The first-order chi connectivity index (χ1) is 11.3. The lowest BCUT2D eigenvalue weighted by molar-refractivity contribution is -0.136. The molecule has 2 rings (SSSR count). The molecule has 0 unspecified atom stereocenters. The molecule has 1 heterocycles. The standard InChI is InChI=1S/C17H13ClN2O4/c1-9-11(3-2-4-12(9)18)13-7-10(8-19)17(24)16(20-13)14(21)5-6-15(22)23/h2-4,7,24H,5-6H2,1H3,(H,22,23). The van der Waals surface area contributed by atoms with Crippen LogP contribution >= 0.6 is 11.6 Å². The number of hydrogen-bond acceptors (Lipinski definition) is 5. The van der Waals surface area contributed by atoms with E-state index in [-0.39, 0.29) is 24.1 Å². The number of carbonyl (C=O) groups is 2. The van der Waals surface area contributed by atoms with Crippen LogP contribution in [0.4, 0.5) is 0 Å². The Balaban J connectivity index is 2.57. The van der Waals surface area contributed by atoms with Crippen molar-refractivity contribution in [2.45, 2.75) is 19.8 Å². The summed E-state index contributed by atoms with van der Waals surface area (Å²) in [5, 5.41) is 28.4. The third-order valence-electron chi connectivity index (χ3n) is 3.49. The first-order valence-electron chi connectivity index (χ1n) is 6.99. The minimum absolute atomic E-state index is 0.113. The molecule has 0 bridgehead atoms. The van der Waals surface area contributed by atoms with Gasteiger partial charge in [-0.2, -0.15) is 5.26 Å². The lowest BCUT2D eigenvalue weighted by Crippen LogP contribution is -2.08. The van der Waals surface area contributed by atoms with E-state index in [1.807, 2.05) is 6.07 Å². The number of halogens is 1. The number of hydrogen-bond donors (Lipinski definition) is 2. The number of nitriles is 1. The molecule has 6 nitrogen and oxygen atoms in total. The third-order valence-corrected chi connectivity index (χ3v) is 3.90. The summed E-state index contributed by atoms with van der Waals surface area (Å²) in [5.74, 6) is -2.32. The number of Topliss-reactive ketones (excluding diaryl/α,β-unsaturated/α-hetero) is 1. The van der Waals surface area contributed by atoms with Gasteiger partial charge in [-0.25, -0.2) is 4.98 Å². The normalized spacial score (nSPS) is 10.2. The van der Waals surface area contributed by atoms with Crippen molar-refractivity contribution in [3.8, 4) is 23.1 Å². The topological polar surface area (TPSA) is 111 Å². The molecule has 0 radical (unpaired) electrons. The highest BCUT2D eigenvalue weighted by molar-refractivity contribution is 6.31. The largest absolute Gasteiger partial charge is 0.504 e. The predicted molar refractivity (Wildman–Crippen MR) is 87.0 cm³/mol. The van der Waals surface area contributed by atoms with Crippen molar-refractivity contribution in [2.75, 3.05) is 0 Å². The van der Waals surface area contributed by atoms with E-state index >= 15 is 0 Å². The molecule has 0 saturated heterocycles. The van der Waals surface area contributed by atoms with Gasteiger partial charge in [0.25, 0.3) is 0 Å². The van der Waals surface area contributed by atoms with Crippen molar-refractivity contribution in [3.05, 3.63) is 46.1 Å². The van der Waals surface area contributed by atoms with E-state index < -0.39 is 17.5 Å². The highest BCUT2D eigenvalue weighted by Gasteiger charge is 2.20. The van der Waals surface area contributed by atoms with Crippen molar-refractivity contribution < 1.29 is 19.8 Å². The Morgan fingerprint density at radius 1 is 1.33 bits per heavy atom. The van der Waals surface area contributed by atoms with E-state index in [2.05, 4.69) is 4.98 Å². The molecule has 0 fully saturated rings. The molecule has 7 heteroatoms. The van der Waals surface area contributed by atoms with Crippen molar-refractivity contribution in [3.63, 3.8) is 0 Å². The van der Waals surface area contributed by atoms with Crippen LogP contribution in [0.5, 0.6) is 5.75 Å². The molecule has 1 aromatic heterocycles. The monoisotopic (exact) mass is 344 g/mol. The highest BCUT2D eigenvalue weighted by atomic mass is 35.5. The number of carboxylic acid groups (broad SMARTS) is 1. The zero-order valence-corrected chi connectivity index (χ0v) is 13.5. The first-order valence-corrected chi connectivity index (χ1v) is 7.37. The molecule has 0 aliphatic heterocycles. The van der Waals surface area contributed by atoms with Crippen molar-refractivity contribution >= 4 is 23.4 Å². The molecule has 1 aromatic carbocycles. The Hall–Kier alpha value is -2.91. The molecule has 0 amide bonds. The number of aromatic hydroxyl groups is 1. The number of ketones is 1. The average molecular weight is 345 g/mol. The van der Waals surface area contributed by atoms with Crippen LogP contribution in [-0.4, -0.2) is 26.9 Å². The van der Waals surface area contributed by atoms with Crippen LogP contribution < -0.4 is 0 Å². The van der Waals surface area contributed by atoms with Crippen LogP contribution in [0.3, 0.4) is 0 Å². The molecule has 2 N–H and O–H groups in total. The van der Waals surface area contributed by atoms with E-state index in [9.17, 15) is 14.7 Å². The van der Waals surface area contributed by atoms with Crippen LogP contribution in [0.1, 0.15) is 34.5 Å². The smallest absolute Gasteiger partial charge is 0.303 e. The summed E-state index contributed by atoms with van der Waals surface area (Å²) < 4.78 is 0. The fourth-order valence-corrected chi connectivity index (χ4v) is 2.35. The van der Waals surface area contributed by atoms with Gasteiger partial charge in [-0.1, -0.05) is 23.7 Å². The minimum atomic E-state index is -1.13. The molecular formula is C17H13ClN2O4. The Kier molecular flexibility index (Phi) is 5.17. The van der Waals surface area contributed by atoms with Gasteiger partial charge in [-0.15, -0.1) is 0 Å². The van der Waals surface area contributed by atoms with Gasteiger partial charge in [0.15, 0.2) is 11.5 Å². The summed E-state index contributed by atoms with van der Waals surface area (Å²) in [6.45, 7) is 1.77. The molecule has 0 aliphatic carbocycles. The predicted octanol–water partition coefficient (Wildman–Crippen LogP) is 3.34. The number of nitrogens with zero attached hydrogens (tertiary/aromatic N) is 2. The molecule has 2 aromatic rings. The zero-order valence-electron chi connectivity index (χ0n) is 12.7. The van der Waals surface area contributed by atoms with Gasteiger partial charge in [0, 0.05) is 17.0 Å². The maximum Gasteiger partial charge on any atom is 0.303 e. The van der Waals surface area contributed by atoms with Crippen LogP contribution in [0, 0.1) is 18.3 Å². The van der Waals surface area contributed by atoms with Crippen LogP contribution in [-0.2, 0) is 4.79 Å². The Morgan fingerprint density at radius 2 is 2.04 bits per heavy atom. The number of benzene rings is 1. The number of aliphatic carboxylic acids is 1.